The Morgan fingerprint density at radius 3 is 2.66 bits per heavy atom. The highest BCUT2D eigenvalue weighted by atomic mass is 127. The van der Waals surface area contributed by atoms with Crippen LogP contribution >= 0.6 is 24.0 Å². The summed E-state index contributed by atoms with van der Waals surface area (Å²) >= 11 is 0. The number of alkyl halides is 3. The predicted molar refractivity (Wildman–Crippen MR) is 129 cm³/mol. The molecule has 10 heteroatoms. The second-order valence-corrected chi connectivity index (χ2v) is 7.64. The van der Waals surface area contributed by atoms with E-state index in [4.69, 9.17) is 4.74 Å². The van der Waals surface area contributed by atoms with Gasteiger partial charge in [-0.2, -0.15) is 13.2 Å². The molecule has 6 nitrogen and oxygen atoms in total. The van der Waals surface area contributed by atoms with Gasteiger partial charge in [0.25, 0.3) is 0 Å². The van der Waals surface area contributed by atoms with Crippen LogP contribution in [0.4, 0.5) is 13.2 Å². The maximum atomic E-state index is 12.5. The average Bonchev–Trinajstić information content (AvgIpc) is 3.09. The lowest BCUT2D eigenvalue weighted by atomic mass is 10.2. The van der Waals surface area contributed by atoms with Crippen LogP contribution in [0.25, 0.3) is 0 Å². The fourth-order valence-electron chi connectivity index (χ4n) is 3.65. The van der Waals surface area contributed by atoms with Gasteiger partial charge in [0.05, 0.1) is 0 Å². The quantitative estimate of drug-likeness (QED) is 0.304. The maximum Gasteiger partial charge on any atom is 0.422 e. The first-order chi connectivity index (χ1) is 14.8. The number of nitrogens with one attached hydrogen (secondary N) is 2. The number of halogens is 4. The monoisotopic (exact) mass is 563 g/mol. The molecule has 1 saturated heterocycles. The first kappa shape index (κ1) is 26.2. The second kappa shape index (κ2) is 12.2. The normalized spacial score (nSPS) is 19.3. The standard InChI is InChI=1S/C22H28F3N5O.HI/c1-16-11-19(14-30(16)13-17-7-4-3-5-8-17)29-21(26-2)28-12-18-9-6-10-27-20(18)31-15-22(23,24)25;/h3-10,16,19H,11-15H2,1-2H3,(H2,26,28,29);1H. The smallest absolute Gasteiger partial charge is 0.422 e. The summed E-state index contributed by atoms with van der Waals surface area (Å²) < 4.78 is 42.2. The Morgan fingerprint density at radius 2 is 1.97 bits per heavy atom. The molecule has 32 heavy (non-hydrogen) atoms. The van der Waals surface area contributed by atoms with Crippen molar-refractivity contribution in [3.8, 4) is 5.88 Å². The number of guanidine groups is 1. The van der Waals surface area contributed by atoms with Gasteiger partial charge < -0.3 is 15.4 Å². The molecule has 0 radical (unpaired) electrons. The average molecular weight is 563 g/mol. The number of aliphatic imine (C=N–C) groups is 1. The molecule has 0 aliphatic carbocycles. The number of nitrogens with zero attached hydrogens (tertiary/aromatic N) is 3. The van der Waals surface area contributed by atoms with Gasteiger partial charge in [-0.25, -0.2) is 4.98 Å². The summed E-state index contributed by atoms with van der Waals surface area (Å²) in [7, 11) is 1.67. The highest BCUT2D eigenvalue weighted by Crippen LogP contribution is 2.21. The van der Waals surface area contributed by atoms with Crippen LogP contribution in [0, 0.1) is 0 Å². The van der Waals surface area contributed by atoms with Crippen molar-refractivity contribution in [3.63, 3.8) is 0 Å². The molecule has 1 aliphatic rings. The minimum Gasteiger partial charge on any atom is -0.468 e. The summed E-state index contributed by atoms with van der Waals surface area (Å²) in [5.74, 6) is 0.552. The van der Waals surface area contributed by atoms with Crippen molar-refractivity contribution in [1.29, 1.82) is 0 Å². The Hall–Kier alpha value is -2.08. The lowest BCUT2D eigenvalue weighted by Crippen LogP contribution is -2.44. The maximum absolute atomic E-state index is 12.5. The van der Waals surface area contributed by atoms with Gasteiger partial charge in [0.15, 0.2) is 12.6 Å². The van der Waals surface area contributed by atoms with Crippen molar-refractivity contribution >= 4 is 29.9 Å². The van der Waals surface area contributed by atoms with E-state index in [1.807, 2.05) is 18.2 Å². The molecule has 2 aromatic rings. The topological polar surface area (TPSA) is 61.8 Å². The predicted octanol–water partition coefficient (Wildman–Crippen LogP) is 3.97. The molecular weight excluding hydrogens is 534 g/mol. The Kier molecular flexibility index (Phi) is 10.0. The molecule has 2 N–H and O–H groups in total. The summed E-state index contributed by atoms with van der Waals surface area (Å²) in [6, 6.07) is 14.3. The van der Waals surface area contributed by atoms with Crippen LogP contribution in [-0.2, 0) is 13.1 Å². The lowest BCUT2D eigenvalue weighted by molar-refractivity contribution is -0.154. The van der Waals surface area contributed by atoms with Crippen LogP contribution in [0.5, 0.6) is 5.88 Å². The molecule has 2 atom stereocenters. The highest BCUT2D eigenvalue weighted by molar-refractivity contribution is 14.0. The molecule has 0 saturated carbocycles. The Bertz CT molecular complexity index is 866. The van der Waals surface area contributed by atoms with Crippen LogP contribution in [0.15, 0.2) is 53.7 Å². The lowest BCUT2D eigenvalue weighted by Gasteiger charge is -2.21. The molecule has 2 heterocycles. The van der Waals surface area contributed by atoms with E-state index in [2.05, 4.69) is 44.6 Å². The molecule has 2 unspecified atom stereocenters. The molecule has 0 spiro atoms. The summed E-state index contributed by atoms with van der Waals surface area (Å²) in [6.07, 6.45) is -2.03. The highest BCUT2D eigenvalue weighted by Gasteiger charge is 2.30. The molecule has 3 rings (SSSR count). The molecule has 1 aromatic carbocycles. The van der Waals surface area contributed by atoms with E-state index in [-0.39, 0.29) is 42.4 Å². The summed E-state index contributed by atoms with van der Waals surface area (Å²) in [4.78, 5) is 10.6. The van der Waals surface area contributed by atoms with E-state index in [9.17, 15) is 13.2 Å². The van der Waals surface area contributed by atoms with Crippen LogP contribution in [-0.4, -0.2) is 54.3 Å². The fraction of sp³-hybridized carbons (Fsp3) is 0.455. The van der Waals surface area contributed by atoms with Crippen molar-refractivity contribution in [3.05, 3.63) is 59.8 Å². The van der Waals surface area contributed by atoms with E-state index < -0.39 is 12.8 Å². The zero-order valence-electron chi connectivity index (χ0n) is 18.1. The first-order valence-corrected chi connectivity index (χ1v) is 10.2. The minimum atomic E-state index is -4.41. The Labute approximate surface area is 203 Å². The fourth-order valence-corrected chi connectivity index (χ4v) is 3.65. The van der Waals surface area contributed by atoms with E-state index in [1.54, 1.807) is 19.2 Å². The molecule has 176 valence electrons. The zero-order chi connectivity index (χ0) is 22.3. The molecule has 0 amide bonds. The van der Waals surface area contributed by atoms with Crippen molar-refractivity contribution in [2.24, 2.45) is 4.99 Å². The van der Waals surface area contributed by atoms with Gasteiger partial charge in [-0.05, 0) is 25.0 Å². The number of ether oxygens (including phenoxy) is 1. The van der Waals surface area contributed by atoms with Gasteiger partial charge in [0.1, 0.15) is 0 Å². The third-order valence-electron chi connectivity index (χ3n) is 5.17. The van der Waals surface area contributed by atoms with Crippen LogP contribution in [0.1, 0.15) is 24.5 Å². The van der Waals surface area contributed by atoms with Crippen LogP contribution < -0.4 is 15.4 Å². The number of likely N-dealkylation sites (tertiary alicyclic amines) is 1. The number of aromatic nitrogens is 1. The molecule has 1 aromatic heterocycles. The molecule has 0 bridgehead atoms. The van der Waals surface area contributed by atoms with Crippen molar-refractivity contribution in [2.75, 3.05) is 20.2 Å². The van der Waals surface area contributed by atoms with Crippen molar-refractivity contribution < 1.29 is 17.9 Å². The SMILES string of the molecule is CN=C(NCc1cccnc1OCC(F)(F)F)NC1CC(C)N(Cc2ccccc2)C1.I. The van der Waals surface area contributed by atoms with Gasteiger partial charge in [0, 0.05) is 50.5 Å². The van der Waals surface area contributed by atoms with E-state index in [0.29, 0.717) is 17.6 Å². The summed E-state index contributed by atoms with van der Waals surface area (Å²) in [6.45, 7) is 2.85. The summed E-state index contributed by atoms with van der Waals surface area (Å²) in [5.41, 5.74) is 1.81. The number of pyridine rings is 1. The number of hydrogen-bond acceptors (Lipinski definition) is 4. The van der Waals surface area contributed by atoms with Crippen molar-refractivity contribution in [2.45, 2.75) is 44.7 Å². The largest absolute Gasteiger partial charge is 0.468 e. The summed E-state index contributed by atoms with van der Waals surface area (Å²) in [5, 5.41) is 6.56. The van der Waals surface area contributed by atoms with E-state index in [0.717, 1.165) is 19.5 Å². The Morgan fingerprint density at radius 1 is 1.22 bits per heavy atom. The third-order valence-corrected chi connectivity index (χ3v) is 5.17. The van der Waals surface area contributed by atoms with Crippen molar-refractivity contribution in [1.82, 2.24) is 20.5 Å². The molecule has 1 fully saturated rings. The number of benzene rings is 1. The van der Waals surface area contributed by atoms with Gasteiger partial charge in [-0.15, -0.1) is 24.0 Å². The number of hydrogen-bond donors (Lipinski definition) is 2. The zero-order valence-corrected chi connectivity index (χ0v) is 20.4. The third kappa shape index (κ3) is 8.12. The first-order valence-electron chi connectivity index (χ1n) is 10.2. The number of rotatable bonds is 7. The van der Waals surface area contributed by atoms with E-state index >= 15 is 0 Å². The van der Waals surface area contributed by atoms with Crippen LogP contribution in [0.3, 0.4) is 0 Å². The van der Waals surface area contributed by atoms with Gasteiger partial charge in [-0.3, -0.25) is 9.89 Å². The van der Waals surface area contributed by atoms with E-state index in [1.165, 1.54) is 11.8 Å². The molecular formula is C22H29F3IN5O. The van der Waals surface area contributed by atoms with Gasteiger partial charge in [-0.1, -0.05) is 36.4 Å². The second-order valence-electron chi connectivity index (χ2n) is 7.64. The Balaban J connectivity index is 0.00000363. The molecule has 1 aliphatic heterocycles. The minimum absolute atomic E-state index is 0. The van der Waals surface area contributed by atoms with Gasteiger partial charge >= 0.3 is 6.18 Å². The van der Waals surface area contributed by atoms with Gasteiger partial charge in [0.2, 0.25) is 5.88 Å². The van der Waals surface area contributed by atoms with Crippen LogP contribution in [0.2, 0.25) is 0 Å².